The largest absolute Gasteiger partial charge is 0.465 e. The molecule has 0 aliphatic carbocycles. The number of benzene rings is 8. The highest BCUT2D eigenvalue weighted by Crippen LogP contribution is 2.52. The number of aliphatic hydroxyl groups is 1. The summed E-state index contributed by atoms with van der Waals surface area (Å²) < 4.78 is 87.1. The number of rotatable bonds is 27. The van der Waals surface area contributed by atoms with Gasteiger partial charge >= 0.3 is 11.9 Å². The first-order valence-corrected chi connectivity index (χ1v) is 52.7. The molecule has 0 bridgehead atoms. The maximum atomic E-state index is 12.8. The van der Waals surface area contributed by atoms with Crippen molar-refractivity contribution in [1.29, 1.82) is 0 Å². The third-order valence-corrected chi connectivity index (χ3v) is 46.3. The Balaban J connectivity index is 0.000000226. The van der Waals surface area contributed by atoms with Crippen molar-refractivity contribution in [2.24, 2.45) is 10.8 Å². The number of ether oxygens (including phenoxy) is 8. The molecule has 0 aromatic heterocycles. The van der Waals surface area contributed by atoms with Crippen LogP contribution >= 0.6 is 0 Å². The molecule has 1 N–H and O–H groups in total. The van der Waals surface area contributed by atoms with Gasteiger partial charge in [-0.25, -0.2) is 0 Å². The Labute approximate surface area is 750 Å². The molecular formula is C105H140O16Si4. The molecule has 14 rings (SSSR count). The van der Waals surface area contributed by atoms with Crippen molar-refractivity contribution in [2.45, 2.75) is 307 Å². The molecular weight excluding hydrogens is 1630 g/mol. The summed E-state index contributed by atoms with van der Waals surface area (Å²) in [5.74, 6) is -0.461. The fourth-order valence-corrected chi connectivity index (χ4v) is 38.9. The lowest BCUT2D eigenvalue weighted by Crippen LogP contribution is -2.73. The molecule has 16 nitrogen and oxygen atoms in total. The molecule has 6 aliphatic heterocycles. The lowest BCUT2D eigenvalue weighted by Gasteiger charge is -2.53. The predicted octanol–water partition coefficient (Wildman–Crippen LogP) is 16.0. The summed E-state index contributed by atoms with van der Waals surface area (Å²) in [5.41, 5.74) is -1.19. The number of aldehydes is 1. The minimum atomic E-state index is -3.20. The quantitative estimate of drug-likeness (QED) is 0.0222. The summed E-state index contributed by atoms with van der Waals surface area (Å²) in [6.45, 7) is 43.0. The Bertz CT molecular complexity index is 4590. The average molecular weight is 1770 g/mol. The number of esters is 2. The van der Waals surface area contributed by atoms with E-state index in [-0.39, 0.29) is 90.0 Å². The van der Waals surface area contributed by atoms with E-state index < -0.39 is 123 Å². The molecule has 0 radical (unpaired) electrons. The van der Waals surface area contributed by atoms with Crippen LogP contribution in [0, 0.1) is 10.8 Å². The lowest BCUT2D eigenvalue weighted by molar-refractivity contribution is -0.256. The molecule has 3 unspecified atom stereocenters. The van der Waals surface area contributed by atoms with E-state index in [0.717, 1.165) is 73.5 Å². The van der Waals surface area contributed by atoms with Crippen LogP contribution in [-0.2, 0) is 70.0 Å². The predicted molar refractivity (Wildman–Crippen MR) is 509 cm³/mol. The highest BCUT2D eigenvalue weighted by atomic mass is 28.4. The van der Waals surface area contributed by atoms with Gasteiger partial charge in [-0.05, 0) is 129 Å². The van der Waals surface area contributed by atoms with Crippen molar-refractivity contribution in [2.75, 3.05) is 13.2 Å². The van der Waals surface area contributed by atoms with Crippen LogP contribution in [0.3, 0.4) is 0 Å². The van der Waals surface area contributed by atoms with E-state index in [2.05, 4.69) is 320 Å². The fraction of sp³-hybridized carbons (Fsp3) is 0.495. The Morgan fingerprint density at radius 1 is 0.360 bits per heavy atom. The second kappa shape index (κ2) is 39.9. The number of hydrogen-bond donors (Lipinski definition) is 1. The van der Waals surface area contributed by atoms with Crippen molar-refractivity contribution in [3.8, 4) is 0 Å². The van der Waals surface area contributed by atoms with Gasteiger partial charge in [0.2, 0.25) is 0 Å². The summed E-state index contributed by atoms with van der Waals surface area (Å²) >= 11 is 0. The summed E-state index contributed by atoms with van der Waals surface area (Å²) in [4.78, 5) is 38.2. The van der Waals surface area contributed by atoms with Gasteiger partial charge in [0, 0.05) is 25.7 Å². The van der Waals surface area contributed by atoms with Gasteiger partial charge in [-0.3, -0.25) is 9.59 Å². The smallest absolute Gasteiger partial charge is 0.311 e. The molecule has 20 heteroatoms. The molecule has 8 aromatic carbocycles. The minimum Gasteiger partial charge on any atom is -0.465 e. The summed E-state index contributed by atoms with van der Waals surface area (Å²) in [5, 5.41) is 19.3. The zero-order valence-corrected chi connectivity index (χ0v) is 80.4. The number of hydrogen-bond acceptors (Lipinski definition) is 16. The third kappa shape index (κ3) is 20.1. The van der Waals surface area contributed by atoms with Crippen molar-refractivity contribution in [3.63, 3.8) is 0 Å². The van der Waals surface area contributed by atoms with Gasteiger partial charge in [0.05, 0.1) is 66.8 Å². The van der Waals surface area contributed by atoms with Crippen molar-refractivity contribution >= 4 is 93.0 Å². The van der Waals surface area contributed by atoms with E-state index >= 15 is 0 Å². The molecule has 672 valence electrons. The van der Waals surface area contributed by atoms with Crippen LogP contribution in [0.4, 0.5) is 0 Å². The van der Waals surface area contributed by atoms with Gasteiger partial charge < -0.3 is 65.5 Å². The maximum Gasteiger partial charge on any atom is 0.311 e. The minimum absolute atomic E-state index is 0. The number of carbonyl (C=O) groups excluding carboxylic acids is 3. The monoisotopic (exact) mass is 1770 g/mol. The SMILES string of the molecule is C.C=CC(O)C[C@H]1O[C@H]2[C@@H](O[Si](c3ccccc3)(c3ccccc3)C(C)(C)C)[C@H]3OC(CCOC(=O)C(C)(C)C)CC[C@@H]3O[C@H]2[C@H]1O[Si](c1ccccc1)(c1ccccc1)C(C)(C)C.CC(C)(C)C(=O)OCCC1CC[C@@H]2O[C@@H]3[C@@H](O[C@H](CC=O)[C@@H]3O[Si](c3ccccc3)(c3ccccc3)C(C)(C)C)[C@@H](O[Si](c3ccccc3)(c3ccccc3)C(C)(C)C)[C@H]2O1. The molecule has 125 heavy (non-hydrogen) atoms. The van der Waals surface area contributed by atoms with Crippen molar-refractivity contribution in [3.05, 3.63) is 255 Å². The topological polar surface area (TPSA) is 182 Å². The highest BCUT2D eigenvalue weighted by Gasteiger charge is 2.68. The third-order valence-electron chi connectivity index (χ3n) is 26.2. The second-order valence-corrected chi connectivity index (χ2v) is 57.9. The van der Waals surface area contributed by atoms with Crippen LogP contribution in [0.15, 0.2) is 255 Å². The molecule has 8 aromatic rings. The van der Waals surface area contributed by atoms with Crippen LogP contribution in [0.1, 0.15) is 183 Å². The maximum absolute atomic E-state index is 12.8. The second-order valence-electron chi connectivity index (χ2n) is 40.9. The normalized spacial score (nSPS) is 25.8. The first-order chi connectivity index (χ1) is 58.9. The van der Waals surface area contributed by atoms with Gasteiger partial charge in [-0.15, -0.1) is 6.58 Å². The molecule has 0 amide bonds. The lowest BCUT2D eigenvalue weighted by atomic mass is 9.88. The number of fused-ring (bicyclic) bond motifs is 4. The fourth-order valence-electron chi connectivity index (χ4n) is 20.1. The van der Waals surface area contributed by atoms with Gasteiger partial charge in [0.15, 0.2) is 0 Å². The Morgan fingerprint density at radius 2 is 0.600 bits per heavy atom. The molecule has 17 atom stereocenters. The van der Waals surface area contributed by atoms with Gasteiger partial charge in [-0.2, -0.15) is 0 Å². The van der Waals surface area contributed by atoms with Gasteiger partial charge in [-0.1, -0.05) is 339 Å². The first-order valence-electron chi connectivity index (χ1n) is 45.1. The first kappa shape index (κ1) is 96.6. The van der Waals surface area contributed by atoms with E-state index in [0.29, 0.717) is 12.8 Å². The van der Waals surface area contributed by atoms with Crippen molar-refractivity contribution < 1.29 is 75.1 Å². The molecule has 0 spiro atoms. The summed E-state index contributed by atoms with van der Waals surface area (Å²) in [7, 11) is -12.7. The zero-order valence-electron chi connectivity index (χ0n) is 76.4. The summed E-state index contributed by atoms with van der Waals surface area (Å²) in [6.07, 6.45) is -1.74. The van der Waals surface area contributed by atoms with E-state index in [1.165, 1.54) is 0 Å². The molecule has 6 fully saturated rings. The van der Waals surface area contributed by atoms with E-state index in [9.17, 15) is 19.5 Å². The Hall–Kier alpha value is -7.46. The van der Waals surface area contributed by atoms with E-state index in [1.807, 2.05) is 53.7 Å². The number of carbonyl (C=O) groups is 3. The number of aliphatic hydroxyl groups excluding tert-OH is 1. The van der Waals surface area contributed by atoms with Crippen LogP contribution in [-0.4, -0.2) is 174 Å². The van der Waals surface area contributed by atoms with Crippen LogP contribution < -0.4 is 41.5 Å². The van der Waals surface area contributed by atoms with Gasteiger partial charge in [0.1, 0.15) is 67.3 Å². The van der Waals surface area contributed by atoms with Crippen LogP contribution in [0.5, 0.6) is 0 Å². The summed E-state index contributed by atoms with van der Waals surface area (Å²) in [6, 6.07) is 85.1. The average Bonchev–Trinajstić information content (AvgIpc) is 1.64. The standard InChI is InChI=1S/C53H70O8Si2.C51H66O8Si2.CH4/c1-11-37(54)36-44-46(60-62(52(5,6)7,39-24-16-12-17-25-39)40-26-18-13-19-27-40)47-48(59-44)49(45-43(58-47)33-32-38(57-45)34-35-56-50(55)51(2,3)4)61-63(53(8,9)10,41-28-20-14-21-29-41)42-30-22-15-23-31-42;1-49(2,3)48(53)54-35-33-36-30-31-41-43(55-36)47(59-61(51(7,8)9,39-26-18-12-19-27-39)40-28-20-13-21-29-40)46-45(56-41)44(42(57-46)32-34-52)58-60(50(4,5)6,37-22-14-10-15-23-37)38-24-16-11-17-25-38;/h11-31,37-38,43-49,54H,1,32-36H2,2-10H3;10-29,34,36,41-47H,30-33,35H2,1-9H3;1H4/t37?,38?,43-,44+,45-,46-,47-,48+,49-;36?,41-,42+,43-,44-,45-,46+,47-;/m00./s1. The molecule has 0 saturated carbocycles. The Kier molecular flexibility index (Phi) is 30.8. The van der Waals surface area contributed by atoms with Crippen LogP contribution in [0.2, 0.25) is 20.2 Å². The van der Waals surface area contributed by atoms with Crippen LogP contribution in [0.25, 0.3) is 0 Å². The highest BCUT2D eigenvalue weighted by molar-refractivity contribution is 7.01. The molecule has 6 aliphatic rings. The molecule has 6 heterocycles. The Morgan fingerprint density at radius 3 is 0.840 bits per heavy atom. The molecule has 6 saturated heterocycles. The van der Waals surface area contributed by atoms with Gasteiger partial charge in [0.25, 0.3) is 33.3 Å². The van der Waals surface area contributed by atoms with E-state index in [4.69, 9.17) is 55.6 Å². The zero-order chi connectivity index (χ0) is 88.8. The van der Waals surface area contributed by atoms with E-state index in [1.54, 1.807) is 6.08 Å². The van der Waals surface area contributed by atoms with Crippen molar-refractivity contribution in [1.82, 2.24) is 0 Å².